The number of halogens is 1. The molecule has 1 atom stereocenters. The highest BCUT2D eigenvalue weighted by molar-refractivity contribution is 6.30. The van der Waals surface area contributed by atoms with Gasteiger partial charge in [-0.15, -0.1) is 10.2 Å². The van der Waals surface area contributed by atoms with Crippen molar-refractivity contribution in [1.82, 2.24) is 25.9 Å². The number of tetrazole rings is 1. The number of amides is 3. The fourth-order valence-electron chi connectivity index (χ4n) is 2.92. The first-order chi connectivity index (χ1) is 16.4. The van der Waals surface area contributed by atoms with Gasteiger partial charge in [0.05, 0.1) is 7.11 Å². The molecule has 34 heavy (non-hydrogen) atoms. The minimum Gasteiger partial charge on any atom is -0.453 e. The molecule has 176 valence electrons. The van der Waals surface area contributed by atoms with Crippen LogP contribution in [0.2, 0.25) is 5.02 Å². The number of nitrogens with one attached hydrogen (secondary N) is 4. The molecule has 0 unspecified atom stereocenters. The third-order valence-electron chi connectivity index (χ3n) is 4.64. The number of hydrogen-bond donors (Lipinski definition) is 4. The van der Waals surface area contributed by atoms with Gasteiger partial charge in [0.1, 0.15) is 6.04 Å². The molecule has 0 radical (unpaired) electrons. The van der Waals surface area contributed by atoms with Gasteiger partial charge in [-0.05, 0) is 65.7 Å². The smallest absolute Gasteiger partial charge is 0.411 e. The molecule has 1 aromatic heterocycles. The second-order valence-electron chi connectivity index (χ2n) is 6.95. The summed E-state index contributed by atoms with van der Waals surface area (Å²) in [6.07, 6.45) is 2.64. The molecule has 4 N–H and O–H groups in total. The van der Waals surface area contributed by atoms with Crippen LogP contribution in [0.25, 0.3) is 17.5 Å². The molecule has 0 aliphatic carbocycles. The van der Waals surface area contributed by atoms with Crippen molar-refractivity contribution < 1.29 is 19.1 Å². The van der Waals surface area contributed by atoms with Gasteiger partial charge in [-0.25, -0.2) is 4.79 Å². The van der Waals surface area contributed by atoms with E-state index in [0.29, 0.717) is 39.8 Å². The van der Waals surface area contributed by atoms with E-state index in [-0.39, 0.29) is 5.91 Å². The van der Waals surface area contributed by atoms with E-state index in [2.05, 4.69) is 41.3 Å². The quantitative estimate of drug-likeness (QED) is 0.359. The summed E-state index contributed by atoms with van der Waals surface area (Å²) < 4.78 is 4.53. The third kappa shape index (κ3) is 6.62. The first kappa shape index (κ1) is 24.4. The monoisotopic (exact) mass is 483 g/mol. The van der Waals surface area contributed by atoms with E-state index >= 15 is 0 Å². The summed E-state index contributed by atoms with van der Waals surface area (Å²) in [7, 11) is 1.26. The van der Waals surface area contributed by atoms with Crippen LogP contribution in [-0.2, 0) is 14.3 Å². The van der Waals surface area contributed by atoms with E-state index in [1.165, 1.54) is 13.2 Å². The Bertz CT molecular complexity index is 1180. The number of nitrogens with zero attached hydrogens (tertiary/aromatic N) is 3. The van der Waals surface area contributed by atoms with Crippen LogP contribution in [0.1, 0.15) is 18.9 Å². The number of rotatable bonds is 8. The Kier molecular flexibility index (Phi) is 8.30. The molecule has 0 saturated heterocycles. The number of carbonyl (C=O) groups is 3. The first-order valence-corrected chi connectivity index (χ1v) is 10.5. The number of methoxy groups -OCH3 is 1. The molecule has 2 aromatic carbocycles. The van der Waals surface area contributed by atoms with Crippen molar-refractivity contribution in [3.63, 3.8) is 0 Å². The second-order valence-corrected chi connectivity index (χ2v) is 7.39. The van der Waals surface area contributed by atoms with E-state index < -0.39 is 18.0 Å². The first-order valence-electron chi connectivity index (χ1n) is 10.2. The highest BCUT2D eigenvalue weighted by Gasteiger charge is 2.18. The molecule has 0 saturated carbocycles. The van der Waals surface area contributed by atoms with Crippen LogP contribution in [0.15, 0.2) is 48.5 Å². The Morgan fingerprint density at radius 3 is 2.44 bits per heavy atom. The molecule has 0 spiro atoms. The van der Waals surface area contributed by atoms with Crippen molar-refractivity contribution in [2.24, 2.45) is 0 Å². The fraction of sp³-hybridized carbons (Fsp3) is 0.182. The number of H-pyrrole nitrogens is 1. The lowest BCUT2D eigenvalue weighted by Crippen LogP contribution is -2.42. The van der Waals surface area contributed by atoms with Crippen molar-refractivity contribution in [2.45, 2.75) is 19.4 Å². The molecule has 0 bridgehead atoms. The molecule has 0 aliphatic heterocycles. The van der Waals surface area contributed by atoms with Crippen LogP contribution in [0.3, 0.4) is 0 Å². The third-order valence-corrected chi connectivity index (χ3v) is 4.87. The number of carbonyl (C=O) groups excluding carboxylic acids is 3. The average molecular weight is 484 g/mol. The fourth-order valence-corrected chi connectivity index (χ4v) is 3.11. The average Bonchev–Trinajstić information content (AvgIpc) is 3.37. The number of ether oxygens (including phenoxy) is 1. The topological polar surface area (TPSA) is 151 Å². The van der Waals surface area contributed by atoms with Gasteiger partial charge in [-0.2, -0.15) is 5.21 Å². The van der Waals surface area contributed by atoms with Gasteiger partial charge in [-0.1, -0.05) is 18.5 Å². The van der Waals surface area contributed by atoms with Crippen molar-refractivity contribution >= 4 is 47.0 Å². The van der Waals surface area contributed by atoms with Crippen molar-refractivity contribution in [3.8, 4) is 11.4 Å². The molecule has 12 heteroatoms. The Balaban J connectivity index is 1.62. The summed E-state index contributed by atoms with van der Waals surface area (Å²) in [6, 6.07) is 10.8. The summed E-state index contributed by atoms with van der Waals surface area (Å²) in [5, 5.41) is 22.2. The lowest BCUT2D eigenvalue weighted by atomic mass is 10.1. The molecular formula is C22H22ClN7O4. The van der Waals surface area contributed by atoms with E-state index in [1.54, 1.807) is 55.5 Å². The predicted octanol–water partition coefficient (Wildman–Crippen LogP) is 3.25. The number of aromatic nitrogens is 4. The lowest BCUT2D eigenvalue weighted by molar-refractivity contribution is -0.123. The Morgan fingerprint density at radius 2 is 1.82 bits per heavy atom. The largest absolute Gasteiger partial charge is 0.453 e. The molecule has 0 fully saturated rings. The van der Waals surface area contributed by atoms with Gasteiger partial charge in [0.25, 0.3) is 0 Å². The van der Waals surface area contributed by atoms with Crippen LogP contribution in [0.4, 0.5) is 16.2 Å². The summed E-state index contributed by atoms with van der Waals surface area (Å²) in [4.78, 5) is 36.4. The minimum atomic E-state index is -0.763. The zero-order valence-corrected chi connectivity index (χ0v) is 19.1. The Morgan fingerprint density at radius 1 is 1.12 bits per heavy atom. The normalized spacial score (nSPS) is 11.6. The zero-order valence-electron chi connectivity index (χ0n) is 18.3. The van der Waals surface area contributed by atoms with Crippen LogP contribution in [-0.4, -0.2) is 51.7 Å². The van der Waals surface area contributed by atoms with Crippen LogP contribution in [0, 0.1) is 0 Å². The summed E-state index contributed by atoms with van der Waals surface area (Å²) in [5.74, 6) is -0.484. The highest BCUT2D eigenvalue weighted by Crippen LogP contribution is 2.24. The number of benzene rings is 2. The van der Waals surface area contributed by atoms with Crippen LogP contribution in [0.5, 0.6) is 0 Å². The SMILES string of the molecule is CC[C@H](NC(=O)/C=C/c1cc(Cl)ccc1-c1nn[nH]n1)C(=O)Nc1ccc(NC(=O)OC)cc1. The Labute approximate surface area is 199 Å². The van der Waals surface area contributed by atoms with Crippen molar-refractivity contribution in [3.05, 3.63) is 59.1 Å². The maximum Gasteiger partial charge on any atom is 0.411 e. The van der Waals surface area contributed by atoms with E-state index in [4.69, 9.17) is 11.6 Å². The maximum atomic E-state index is 12.6. The van der Waals surface area contributed by atoms with Crippen LogP contribution >= 0.6 is 11.6 Å². The van der Waals surface area contributed by atoms with Gasteiger partial charge in [0.2, 0.25) is 17.6 Å². The molecule has 0 aliphatic rings. The van der Waals surface area contributed by atoms with Crippen molar-refractivity contribution in [2.75, 3.05) is 17.7 Å². The molecule has 3 rings (SSSR count). The molecule has 3 aromatic rings. The van der Waals surface area contributed by atoms with E-state index in [1.807, 2.05) is 0 Å². The summed E-state index contributed by atoms with van der Waals surface area (Å²) in [5.41, 5.74) is 2.27. The van der Waals surface area contributed by atoms with Gasteiger partial charge in [0.15, 0.2) is 0 Å². The number of anilines is 2. The summed E-state index contributed by atoms with van der Waals surface area (Å²) >= 11 is 6.08. The molecule has 1 heterocycles. The second kappa shape index (κ2) is 11.6. The minimum absolute atomic E-state index is 0.357. The van der Waals surface area contributed by atoms with Crippen LogP contribution < -0.4 is 16.0 Å². The maximum absolute atomic E-state index is 12.6. The van der Waals surface area contributed by atoms with E-state index in [9.17, 15) is 14.4 Å². The molecular weight excluding hydrogens is 462 g/mol. The van der Waals surface area contributed by atoms with Gasteiger partial charge < -0.3 is 15.4 Å². The van der Waals surface area contributed by atoms with Gasteiger partial charge >= 0.3 is 6.09 Å². The van der Waals surface area contributed by atoms with Crippen molar-refractivity contribution in [1.29, 1.82) is 0 Å². The lowest BCUT2D eigenvalue weighted by Gasteiger charge is -2.16. The molecule has 3 amide bonds. The standard InChI is InChI=1S/C22H22ClN7O4/c1-3-18(21(32)24-15-6-8-16(9-7-15)25-22(33)34-2)26-19(31)11-4-13-12-14(23)5-10-17(13)20-27-29-30-28-20/h4-12,18H,3H2,1-2H3,(H,24,32)(H,25,33)(H,26,31)(H,27,28,29,30)/b11-4+/t18-/m0/s1. The highest BCUT2D eigenvalue weighted by atomic mass is 35.5. The Hall–Kier alpha value is -4.25. The van der Waals surface area contributed by atoms with E-state index in [0.717, 1.165) is 0 Å². The predicted molar refractivity (Wildman–Crippen MR) is 127 cm³/mol. The van der Waals surface area contributed by atoms with Gasteiger partial charge in [-0.3, -0.25) is 14.9 Å². The number of aromatic amines is 1. The number of hydrogen-bond acceptors (Lipinski definition) is 7. The summed E-state index contributed by atoms with van der Waals surface area (Å²) in [6.45, 7) is 1.78. The van der Waals surface area contributed by atoms with Gasteiger partial charge in [0, 0.05) is 28.0 Å². The molecule has 11 nitrogen and oxygen atoms in total. The zero-order chi connectivity index (χ0) is 24.5.